The highest BCUT2D eigenvalue weighted by Gasteiger charge is 2.20. The van der Waals surface area contributed by atoms with Crippen LogP contribution in [0.25, 0.3) is 11.4 Å². The molecule has 2 aromatic carbocycles. The van der Waals surface area contributed by atoms with E-state index >= 15 is 0 Å². The second kappa shape index (κ2) is 8.29. The zero-order chi connectivity index (χ0) is 18.5. The number of nitrogens with zero attached hydrogens (tertiary/aromatic N) is 2. The molecule has 27 heavy (non-hydrogen) atoms. The van der Waals surface area contributed by atoms with Crippen LogP contribution in [0.3, 0.4) is 0 Å². The number of thiophene rings is 1. The highest BCUT2D eigenvalue weighted by Crippen LogP contribution is 2.23. The molecule has 0 unspecified atom stereocenters. The van der Waals surface area contributed by atoms with Crippen molar-refractivity contribution in [3.63, 3.8) is 0 Å². The molecule has 2 aromatic heterocycles. The normalized spacial score (nSPS) is 12.2. The molecule has 0 fully saturated rings. The topological polar surface area (TPSA) is 55.5 Å². The first-order valence-electron chi connectivity index (χ1n) is 9.17. The van der Waals surface area contributed by atoms with Gasteiger partial charge in [-0.2, -0.15) is 4.98 Å². The maximum absolute atomic E-state index is 5.49. The van der Waals surface area contributed by atoms with Crippen LogP contribution in [0.5, 0.6) is 0 Å². The van der Waals surface area contributed by atoms with Gasteiger partial charge in [0.25, 0.3) is 5.89 Å². The Hall–Kier alpha value is -2.76. The molecule has 136 valence electrons. The molecular formula is C22H22N3OS+. The van der Waals surface area contributed by atoms with Gasteiger partial charge in [-0.1, -0.05) is 72.7 Å². The third kappa shape index (κ3) is 4.15. The summed E-state index contributed by atoms with van der Waals surface area (Å²) < 4.78 is 5.49. The molecule has 0 bridgehead atoms. The fourth-order valence-electron chi connectivity index (χ4n) is 3.11. The number of hydrogen-bond acceptors (Lipinski definition) is 4. The second-order valence-electron chi connectivity index (χ2n) is 6.41. The summed E-state index contributed by atoms with van der Waals surface area (Å²) in [5.74, 6) is 1.29. The Kier molecular flexibility index (Phi) is 5.42. The minimum atomic E-state index is 0.227. The van der Waals surface area contributed by atoms with Gasteiger partial charge in [-0.25, -0.2) is 0 Å². The predicted octanol–water partition coefficient (Wildman–Crippen LogP) is 4.21. The van der Waals surface area contributed by atoms with Gasteiger partial charge in [-0.05, 0) is 23.4 Å². The summed E-state index contributed by atoms with van der Waals surface area (Å²) >= 11 is 1.77. The summed E-state index contributed by atoms with van der Waals surface area (Å²) in [5.41, 5.74) is 3.56. The van der Waals surface area contributed by atoms with Gasteiger partial charge in [0.2, 0.25) is 5.82 Å². The molecule has 2 N–H and O–H groups in total. The quantitative estimate of drug-likeness (QED) is 0.526. The van der Waals surface area contributed by atoms with Crippen molar-refractivity contribution in [2.24, 2.45) is 0 Å². The molecule has 0 saturated carbocycles. The van der Waals surface area contributed by atoms with Crippen molar-refractivity contribution in [1.82, 2.24) is 10.1 Å². The largest absolute Gasteiger partial charge is 0.333 e. The van der Waals surface area contributed by atoms with Gasteiger partial charge in [0, 0.05) is 11.1 Å². The Balaban J connectivity index is 1.49. The van der Waals surface area contributed by atoms with E-state index in [0.29, 0.717) is 18.3 Å². The van der Waals surface area contributed by atoms with E-state index in [1.54, 1.807) is 11.3 Å². The van der Waals surface area contributed by atoms with Crippen LogP contribution in [0, 0.1) is 0 Å². The van der Waals surface area contributed by atoms with Crippen molar-refractivity contribution < 1.29 is 9.84 Å². The molecule has 4 nitrogen and oxygen atoms in total. The number of aromatic nitrogens is 2. The Morgan fingerprint density at radius 1 is 1.00 bits per heavy atom. The van der Waals surface area contributed by atoms with E-state index in [-0.39, 0.29) is 6.04 Å². The predicted molar refractivity (Wildman–Crippen MR) is 107 cm³/mol. The van der Waals surface area contributed by atoms with Gasteiger partial charge in [0.05, 0.1) is 4.88 Å². The summed E-state index contributed by atoms with van der Waals surface area (Å²) in [6.45, 7) is 2.78. The van der Waals surface area contributed by atoms with Crippen LogP contribution in [0.15, 0.2) is 76.6 Å². The fraction of sp³-hybridized carbons (Fsp3) is 0.182. The molecule has 0 aliphatic heterocycles. The molecular weight excluding hydrogens is 354 g/mol. The average Bonchev–Trinajstić information content (AvgIpc) is 3.42. The third-order valence-corrected chi connectivity index (χ3v) is 5.58. The van der Waals surface area contributed by atoms with E-state index < -0.39 is 0 Å². The van der Waals surface area contributed by atoms with Crippen molar-refractivity contribution >= 4 is 11.3 Å². The minimum absolute atomic E-state index is 0.227. The Morgan fingerprint density at radius 3 is 2.52 bits per heavy atom. The van der Waals surface area contributed by atoms with Crippen molar-refractivity contribution in [3.8, 4) is 11.4 Å². The van der Waals surface area contributed by atoms with Gasteiger partial charge in [-0.3, -0.25) is 0 Å². The van der Waals surface area contributed by atoms with Crippen LogP contribution in [-0.4, -0.2) is 10.1 Å². The van der Waals surface area contributed by atoms with Crippen LogP contribution in [-0.2, 0) is 13.0 Å². The lowest BCUT2D eigenvalue weighted by atomic mass is 10.1. The lowest BCUT2D eigenvalue weighted by molar-refractivity contribution is -0.704. The molecule has 0 amide bonds. The minimum Gasteiger partial charge on any atom is -0.333 e. The monoisotopic (exact) mass is 376 g/mol. The molecule has 0 spiro atoms. The molecule has 4 aromatic rings. The van der Waals surface area contributed by atoms with E-state index in [1.807, 2.05) is 6.07 Å². The van der Waals surface area contributed by atoms with Gasteiger partial charge >= 0.3 is 0 Å². The van der Waals surface area contributed by atoms with Gasteiger partial charge in [0.15, 0.2) is 6.54 Å². The number of rotatable bonds is 7. The Morgan fingerprint density at radius 2 is 1.81 bits per heavy atom. The first kappa shape index (κ1) is 17.6. The standard InChI is InChI=1S/C22H21N3OS/c1-2-16-10-12-18(13-11-16)22-24-20(26-25-22)15-23-21(19-9-6-14-27-19)17-7-4-3-5-8-17/h3-14,21,23H,2,15H2,1H3/p+1/t21-/m1/s1. The first-order chi connectivity index (χ1) is 13.3. The van der Waals surface area contributed by atoms with Crippen LogP contribution in [0.1, 0.15) is 34.9 Å². The summed E-state index contributed by atoms with van der Waals surface area (Å²) in [6.07, 6.45) is 1.02. The van der Waals surface area contributed by atoms with Crippen molar-refractivity contribution in [2.75, 3.05) is 0 Å². The summed E-state index contributed by atoms with van der Waals surface area (Å²) in [6, 6.07) is 23.3. The molecule has 2 heterocycles. The van der Waals surface area contributed by atoms with E-state index in [4.69, 9.17) is 4.52 Å². The number of hydrogen-bond donors (Lipinski definition) is 1. The molecule has 1 atom stereocenters. The zero-order valence-corrected chi connectivity index (χ0v) is 16.0. The highest BCUT2D eigenvalue weighted by atomic mass is 32.1. The van der Waals surface area contributed by atoms with Crippen LogP contribution in [0.4, 0.5) is 0 Å². The highest BCUT2D eigenvalue weighted by molar-refractivity contribution is 7.10. The summed E-state index contributed by atoms with van der Waals surface area (Å²) in [4.78, 5) is 5.89. The second-order valence-corrected chi connectivity index (χ2v) is 7.39. The lowest BCUT2D eigenvalue weighted by Crippen LogP contribution is -2.83. The Bertz CT molecular complexity index is 962. The van der Waals surface area contributed by atoms with Gasteiger partial charge in [0.1, 0.15) is 6.04 Å². The van der Waals surface area contributed by atoms with Crippen LogP contribution < -0.4 is 5.32 Å². The fourth-order valence-corrected chi connectivity index (χ4v) is 3.96. The van der Waals surface area contributed by atoms with Crippen molar-refractivity contribution in [1.29, 1.82) is 0 Å². The maximum Gasteiger partial charge on any atom is 0.282 e. The molecule has 0 aliphatic carbocycles. The summed E-state index contributed by atoms with van der Waals surface area (Å²) in [7, 11) is 0. The van der Waals surface area contributed by atoms with Crippen LogP contribution >= 0.6 is 11.3 Å². The maximum atomic E-state index is 5.49. The third-order valence-electron chi connectivity index (χ3n) is 4.63. The number of benzene rings is 2. The van der Waals surface area contributed by atoms with E-state index in [2.05, 4.69) is 88.4 Å². The van der Waals surface area contributed by atoms with E-state index in [0.717, 1.165) is 12.0 Å². The first-order valence-corrected chi connectivity index (χ1v) is 10.0. The SMILES string of the molecule is CCc1ccc(-c2noc(C[NH2+][C@H](c3ccccc3)c3cccs3)n2)cc1. The Labute approximate surface area is 162 Å². The molecule has 0 aliphatic rings. The molecule has 5 heteroatoms. The van der Waals surface area contributed by atoms with E-state index in [9.17, 15) is 0 Å². The van der Waals surface area contributed by atoms with Crippen molar-refractivity contribution in [3.05, 3.63) is 94.0 Å². The van der Waals surface area contributed by atoms with E-state index in [1.165, 1.54) is 16.0 Å². The van der Waals surface area contributed by atoms with Crippen molar-refractivity contribution in [2.45, 2.75) is 25.9 Å². The lowest BCUT2D eigenvalue weighted by Gasteiger charge is -2.13. The number of aryl methyl sites for hydroxylation is 1. The zero-order valence-electron chi connectivity index (χ0n) is 15.2. The smallest absolute Gasteiger partial charge is 0.282 e. The molecule has 4 rings (SSSR count). The van der Waals surface area contributed by atoms with Crippen LogP contribution in [0.2, 0.25) is 0 Å². The average molecular weight is 377 g/mol. The molecule has 0 saturated heterocycles. The van der Waals surface area contributed by atoms with Gasteiger partial charge in [-0.15, -0.1) is 11.3 Å². The summed E-state index contributed by atoms with van der Waals surface area (Å²) in [5, 5.41) is 8.52. The number of nitrogens with two attached hydrogens (primary N) is 1. The van der Waals surface area contributed by atoms with Gasteiger partial charge < -0.3 is 9.84 Å². The number of quaternary nitrogens is 1. The molecule has 0 radical (unpaired) electrons.